The maximum Gasteiger partial charge on any atom is 0.335 e. The Morgan fingerprint density at radius 3 is 1.88 bits per heavy atom. The van der Waals surface area contributed by atoms with Crippen molar-refractivity contribution in [1.82, 2.24) is 9.78 Å². The molecule has 126 valence electrons. The zero-order valence-electron chi connectivity index (χ0n) is 13.0. The van der Waals surface area contributed by atoms with E-state index < -0.39 is 11.9 Å². The van der Waals surface area contributed by atoms with Gasteiger partial charge in [0.15, 0.2) is 0 Å². The third-order valence-corrected chi connectivity index (χ3v) is 3.74. The summed E-state index contributed by atoms with van der Waals surface area (Å²) >= 11 is 0. The molecule has 3 rings (SSSR count). The first-order chi connectivity index (χ1) is 12.0. The summed E-state index contributed by atoms with van der Waals surface area (Å²) in [5, 5.41) is 31.9. The molecule has 0 saturated carbocycles. The Labute approximate surface area is 142 Å². The minimum atomic E-state index is -1.02. The van der Waals surface area contributed by atoms with Crippen molar-refractivity contribution in [2.24, 2.45) is 0 Å². The number of hydrogen-bond acceptors (Lipinski definition) is 4. The lowest BCUT2D eigenvalue weighted by Crippen LogP contribution is -1.99. The van der Waals surface area contributed by atoms with Crippen molar-refractivity contribution < 1.29 is 24.9 Å². The Balaban J connectivity index is 1.99. The molecular weight excluding hydrogens is 324 g/mol. The second-order valence-electron chi connectivity index (χ2n) is 5.34. The molecule has 0 unspecified atom stereocenters. The van der Waals surface area contributed by atoms with Gasteiger partial charge in [-0.15, -0.1) is 0 Å². The standard InChI is InChI=1S/C18H14N2O5/c21-10-14-9-20(15-7-5-13(6-8-15)18(24)25)19-16(14)11-1-3-12(4-2-11)17(22)23/h1-9,21H,10H2,(H,22,23)(H,24,25). The molecule has 0 aliphatic carbocycles. The van der Waals surface area contributed by atoms with Crippen LogP contribution in [0.15, 0.2) is 54.7 Å². The molecule has 1 heterocycles. The first-order valence-corrected chi connectivity index (χ1v) is 7.36. The Bertz CT molecular complexity index is 927. The van der Waals surface area contributed by atoms with Crippen molar-refractivity contribution in [3.8, 4) is 16.9 Å². The van der Waals surface area contributed by atoms with Gasteiger partial charge in [-0.05, 0) is 36.4 Å². The number of benzene rings is 2. The van der Waals surface area contributed by atoms with Crippen LogP contribution < -0.4 is 0 Å². The van der Waals surface area contributed by atoms with E-state index in [0.717, 1.165) is 0 Å². The molecule has 2 aromatic carbocycles. The summed E-state index contributed by atoms with van der Waals surface area (Å²) in [4.78, 5) is 21.9. The zero-order chi connectivity index (χ0) is 18.0. The van der Waals surface area contributed by atoms with Crippen LogP contribution >= 0.6 is 0 Å². The van der Waals surface area contributed by atoms with Gasteiger partial charge in [-0.1, -0.05) is 12.1 Å². The Morgan fingerprint density at radius 2 is 1.40 bits per heavy atom. The zero-order valence-corrected chi connectivity index (χ0v) is 13.0. The Kier molecular flexibility index (Phi) is 4.32. The van der Waals surface area contributed by atoms with E-state index >= 15 is 0 Å². The van der Waals surface area contributed by atoms with Gasteiger partial charge >= 0.3 is 11.9 Å². The fourth-order valence-corrected chi connectivity index (χ4v) is 2.43. The van der Waals surface area contributed by atoms with Crippen LogP contribution in [0.5, 0.6) is 0 Å². The Morgan fingerprint density at radius 1 is 0.880 bits per heavy atom. The first-order valence-electron chi connectivity index (χ1n) is 7.36. The van der Waals surface area contributed by atoms with E-state index in [9.17, 15) is 14.7 Å². The fraction of sp³-hybridized carbons (Fsp3) is 0.0556. The maximum atomic E-state index is 10.9. The van der Waals surface area contributed by atoms with Crippen LogP contribution in [0.25, 0.3) is 16.9 Å². The van der Waals surface area contributed by atoms with Crippen molar-refractivity contribution in [3.05, 3.63) is 71.4 Å². The molecule has 0 spiro atoms. The average molecular weight is 338 g/mol. The van der Waals surface area contributed by atoms with Gasteiger partial charge in [0.1, 0.15) is 0 Å². The van der Waals surface area contributed by atoms with Crippen LogP contribution in [0.1, 0.15) is 26.3 Å². The predicted octanol–water partition coefficient (Wildman–Crippen LogP) is 2.43. The molecule has 0 bridgehead atoms. The summed E-state index contributed by atoms with van der Waals surface area (Å²) < 4.78 is 1.54. The maximum absolute atomic E-state index is 10.9. The molecule has 7 nitrogen and oxygen atoms in total. The molecule has 0 radical (unpaired) electrons. The van der Waals surface area contributed by atoms with E-state index in [4.69, 9.17) is 10.2 Å². The lowest BCUT2D eigenvalue weighted by Gasteiger charge is -2.02. The van der Waals surface area contributed by atoms with E-state index in [1.807, 2.05) is 0 Å². The van der Waals surface area contributed by atoms with Crippen LogP contribution in [0.3, 0.4) is 0 Å². The lowest BCUT2D eigenvalue weighted by molar-refractivity contribution is 0.0686. The number of carboxylic acids is 2. The highest BCUT2D eigenvalue weighted by Gasteiger charge is 2.13. The number of hydrogen-bond donors (Lipinski definition) is 3. The molecule has 0 aliphatic rings. The number of aromatic nitrogens is 2. The molecule has 3 aromatic rings. The van der Waals surface area contributed by atoms with E-state index in [0.29, 0.717) is 22.5 Å². The average Bonchev–Trinajstić information content (AvgIpc) is 3.06. The van der Waals surface area contributed by atoms with Crippen LogP contribution in [0, 0.1) is 0 Å². The van der Waals surface area contributed by atoms with Gasteiger partial charge in [-0.3, -0.25) is 0 Å². The van der Waals surface area contributed by atoms with Gasteiger partial charge in [0, 0.05) is 17.3 Å². The smallest absolute Gasteiger partial charge is 0.335 e. The number of carbonyl (C=O) groups is 2. The highest BCUT2D eigenvalue weighted by molar-refractivity contribution is 5.88. The van der Waals surface area contributed by atoms with Crippen LogP contribution in [0.2, 0.25) is 0 Å². The van der Waals surface area contributed by atoms with Crippen LogP contribution in [-0.2, 0) is 6.61 Å². The topological polar surface area (TPSA) is 113 Å². The molecule has 1 aromatic heterocycles. The molecule has 7 heteroatoms. The van der Waals surface area contributed by atoms with Gasteiger partial charge in [0.2, 0.25) is 0 Å². The lowest BCUT2D eigenvalue weighted by atomic mass is 10.1. The molecule has 0 fully saturated rings. The van der Waals surface area contributed by atoms with E-state index in [2.05, 4.69) is 5.10 Å². The minimum Gasteiger partial charge on any atom is -0.478 e. The van der Waals surface area contributed by atoms with Crippen molar-refractivity contribution in [3.63, 3.8) is 0 Å². The van der Waals surface area contributed by atoms with E-state index in [-0.39, 0.29) is 17.7 Å². The first kappa shape index (κ1) is 16.4. The van der Waals surface area contributed by atoms with Gasteiger partial charge in [0.05, 0.1) is 29.1 Å². The van der Waals surface area contributed by atoms with Crippen LogP contribution in [-0.4, -0.2) is 37.0 Å². The third-order valence-electron chi connectivity index (χ3n) is 3.74. The summed E-state index contributed by atoms with van der Waals surface area (Å²) in [6.45, 7) is -0.233. The van der Waals surface area contributed by atoms with Crippen LogP contribution in [0.4, 0.5) is 0 Å². The summed E-state index contributed by atoms with van der Waals surface area (Å²) in [7, 11) is 0. The van der Waals surface area contributed by atoms with Gasteiger partial charge in [-0.2, -0.15) is 5.10 Å². The van der Waals surface area contributed by atoms with Crippen molar-refractivity contribution in [2.45, 2.75) is 6.61 Å². The SMILES string of the molecule is O=C(O)c1ccc(-c2nn(-c3ccc(C(=O)O)cc3)cc2CO)cc1. The number of aromatic carboxylic acids is 2. The molecule has 0 amide bonds. The minimum absolute atomic E-state index is 0.165. The second kappa shape index (κ2) is 6.58. The highest BCUT2D eigenvalue weighted by atomic mass is 16.4. The third kappa shape index (κ3) is 3.26. The molecular formula is C18H14N2O5. The number of aliphatic hydroxyl groups excluding tert-OH is 1. The summed E-state index contributed by atoms with van der Waals surface area (Å²) in [5.41, 5.74) is 2.76. The molecule has 0 atom stereocenters. The predicted molar refractivity (Wildman–Crippen MR) is 88.8 cm³/mol. The molecule has 3 N–H and O–H groups in total. The van der Waals surface area contributed by atoms with Gasteiger partial charge in [0.25, 0.3) is 0 Å². The van der Waals surface area contributed by atoms with E-state index in [1.165, 1.54) is 28.9 Å². The largest absolute Gasteiger partial charge is 0.478 e. The monoisotopic (exact) mass is 338 g/mol. The van der Waals surface area contributed by atoms with Crippen molar-refractivity contribution >= 4 is 11.9 Å². The van der Waals surface area contributed by atoms with Crippen molar-refractivity contribution in [1.29, 1.82) is 0 Å². The number of nitrogens with zero attached hydrogens (tertiary/aromatic N) is 2. The summed E-state index contributed by atoms with van der Waals surface area (Å²) in [6.07, 6.45) is 1.65. The highest BCUT2D eigenvalue weighted by Crippen LogP contribution is 2.24. The second-order valence-corrected chi connectivity index (χ2v) is 5.34. The number of rotatable bonds is 5. The molecule has 0 saturated heterocycles. The van der Waals surface area contributed by atoms with E-state index in [1.54, 1.807) is 30.5 Å². The quantitative estimate of drug-likeness (QED) is 0.658. The van der Waals surface area contributed by atoms with Crippen molar-refractivity contribution in [2.75, 3.05) is 0 Å². The summed E-state index contributed by atoms with van der Waals surface area (Å²) in [6, 6.07) is 12.4. The number of carboxylic acid groups (broad SMARTS) is 2. The van der Waals surface area contributed by atoms with Gasteiger partial charge in [-0.25, -0.2) is 14.3 Å². The summed E-state index contributed by atoms with van der Waals surface area (Å²) in [5.74, 6) is -2.03. The number of aliphatic hydroxyl groups is 1. The van der Waals surface area contributed by atoms with Gasteiger partial charge < -0.3 is 15.3 Å². The Hall–Kier alpha value is -3.45. The molecule has 25 heavy (non-hydrogen) atoms. The normalized spacial score (nSPS) is 10.6. The molecule has 0 aliphatic heterocycles. The fourth-order valence-electron chi connectivity index (χ4n) is 2.43.